The molecule has 2 rings (SSSR count). The van der Waals surface area contributed by atoms with E-state index >= 15 is 0 Å². The number of hydrogen-bond acceptors (Lipinski definition) is 1. The molecule has 12 heavy (non-hydrogen) atoms. The minimum absolute atomic E-state index is 0.0503. The molecule has 1 N–H and O–H groups in total. The number of hydrogen-bond donors (Lipinski definition) is 1. The van der Waals surface area contributed by atoms with Crippen molar-refractivity contribution in [2.75, 3.05) is 0 Å². The Hall–Kier alpha value is -0.530. The Kier molecular flexibility index (Phi) is 1.51. The number of rotatable bonds is 1. The third kappa shape index (κ3) is 0.838. The predicted molar refractivity (Wildman–Crippen MR) is 45.7 cm³/mol. The van der Waals surface area contributed by atoms with Crippen molar-refractivity contribution in [3.05, 3.63) is 0 Å². The monoisotopic (exact) mass is 168 g/mol. The Morgan fingerprint density at radius 3 is 2.42 bits per heavy atom. The van der Waals surface area contributed by atoms with Crippen molar-refractivity contribution in [1.29, 1.82) is 0 Å². The van der Waals surface area contributed by atoms with Crippen molar-refractivity contribution in [3.8, 4) is 0 Å². The van der Waals surface area contributed by atoms with Crippen LogP contribution < -0.4 is 0 Å². The number of carboxylic acids is 1. The molecular weight excluding hydrogens is 152 g/mol. The molecule has 2 heteroatoms. The normalized spacial score (nSPS) is 43.3. The summed E-state index contributed by atoms with van der Waals surface area (Å²) in [5, 5.41) is 9.07. The van der Waals surface area contributed by atoms with Crippen molar-refractivity contribution < 1.29 is 9.90 Å². The van der Waals surface area contributed by atoms with Crippen LogP contribution >= 0.6 is 0 Å². The van der Waals surface area contributed by atoms with Crippen LogP contribution in [0.5, 0.6) is 0 Å². The first-order valence-corrected chi connectivity index (χ1v) is 4.76. The molecule has 3 atom stereocenters. The van der Waals surface area contributed by atoms with E-state index in [0.717, 1.165) is 12.8 Å². The zero-order chi connectivity index (χ0) is 8.93. The lowest BCUT2D eigenvalue weighted by atomic mass is 9.69. The Morgan fingerprint density at radius 2 is 2.08 bits per heavy atom. The summed E-state index contributed by atoms with van der Waals surface area (Å²) in [5.74, 6) is 0.495. The van der Waals surface area contributed by atoms with Gasteiger partial charge in [-0.15, -0.1) is 0 Å². The van der Waals surface area contributed by atoms with Gasteiger partial charge in [0, 0.05) is 0 Å². The van der Waals surface area contributed by atoms with Crippen molar-refractivity contribution in [3.63, 3.8) is 0 Å². The highest BCUT2D eigenvalue weighted by Gasteiger charge is 2.55. The van der Waals surface area contributed by atoms with E-state index in [9.17, 15) is 4.79 Å². The van der Waals surface area contributed by atoms with Crippen molar-refractivity contribution in [1.82, 2.24) is 0 Å². The van der Waals surface area contributed by atoms with E-state index < -0.39 is 5.97 Å². The SMILES string of the molecule is CC1(C)C2CC[C@H](C2)C1C(=O)O. The minimum atomic E-state index is -0.577. The molecule has 0 saturated heterocycles. The fourth-order valence-electron chi connectivity index (χ4n) is 3.38. The van der Waals surface area contributed by atoms with Gasteiger partial charge < -0.3 is 5.11 Å². The maximum Gasteiger partial charge on any atom is 0.307 e. The Morgan fingerprint density at radius 1 is 1.42 bits per heavy atom. The molecule has 2 bridgehead atoms. The summed E-state index contributed by atoms with van der Waals surface area (Å²) >= 11 is 0. The van der Waals surface area contributed by atoms with E-state index in [1.54, 1.807) is 0 Å². The molecule has 0 aliphatic heterocycles. The lowest BCUT2D eigenvalue weighted by Crippen LogP contribution is -2.36. The molecule has 2 aliphatic carbocycles. The molecule has 2 saturated carbocycles. The summed E-state index contributed by atoms with van der Waals surface area (Å²) < 4.78 is 0. The molecule has 68 valence electrons. The molecule has 0 heterocycles. The predicted octanol–water partition coefficient (Wildman–Crippen LogP) is 2.14. The second kappa shape index (κ2) is 2.24. The van der Waals surface area contributed by atoms with Crippen LogP contribution in [-0.4, -0.2) is 11.1 Å². The highest BCUT2D eigenvalue weighted by molar-refractivity contribution is 5.72. The molecule has 0 radical (unpaired) electrons. The lowest BCUT2D eigenvalue weighted by Gasteiger charge is -2.35. The van der Waals surface area contributed by atoms with Crippen LogP contribution in [0.4, 0.5) is 0 Å². The van der Waals surface area contributed by atoms with E-state index in [1.807, 2.05) is 0 Å². The molecule has 0 aromatic carbocycles. The van der Waals surface area contributed by atoms with Gasteiger partial charge in [0.2, 0.25) is 0 Å². The van der Waals surface area contributed by atoms with Crippen LogP contribution in [-0.2, 0) is 4.79 Å². The zero-order valence-electron chi connectivity index (χ0n) is 7.71. The molecule has 2 nitrogen and oxygen atoms in total. The van der Waals surface area contributed by atoms with Crippen LogP contribution in [0.2, 0.25) is 0 Å². The van der Waals surface area contributed by atoms with Gasteiger partial charge in [0.15, 0.2) is 0 Å². The van der Waals surface area contributed by atoms with Gasteiger partial charge in [-0.25, -0.2) is 0 Å². The highest BCUT2D eigenvalue weighted by Crippen LogP contribution is 2.59. The zero-order valence-corrected chi connectivity index (χ0v) is 7.71. The van der Waals surface area contributed by atoms with Crippen LogP contribution in [0, 0.1) is 23.2 Å². The van der Waals surface area contributed by atoms with E-state index in [1.165, 1.54) is 6.42 Å². The van der Waals surface area contributed by atoms with Gasteiger partial charge in [-0.05, 0) is 36.5 Å². The fraction of sp³-hybridized carbons (Fsp3) is 0.900. The lowest BCUT2D eigenvalue weighted by molar-refractivity contribution is -0.148. The van der Waals surface area contributed by atoms with E-state index in [0.29, 0.717) is 11.8 Å². The maximum absolute atomic E-state index is 11.0. The molecule has 0 spiro atoms. The third-order valence-electron chi connectivity index (χ3n) is 4.06. The molecule has 0 aromatic rings. The van der Waals surface area contributed by atoms with Gasteiger partial charge in [-0.2, -0.15) is 0 Å². The van der Waals surface area contributed by atoms with E-state index in [2.05, 4.69) is 13.8 Å². The Labute approximate surface area is 73.0 Å². The number of aliphatic carboxylic acids is 1. The summed E-state index contributed by atoms with van der Waals surface area (Å²) in [6.45, 7) is 4.24. The smallest absolute Gasteiger partial charge is 0.307 e. The first kappa shape index (κ1) is 8.09. The van der Waals surface area contributed by atoms with Crippen LogP contribution in [0.1, 0.15) is 33.1 Å². The molecular formula is C10H16O2. The van der Waals surface area contributed by atoms with Crippen LogP contribution in [0.25, 0.3) is 0 Å². The van der Waals surface area contributed by atoms with E-state index in [-0.39, 0.29) is 11.3 Å². The summed E-state index contributed by atoms with van der Waals surface area (Å²) in [7, 11) is 0. The third-order valence-corrected chi connectivity index (χ3v) is 4.06. The van der Waals surface area contributed by atoms with Crippen LogP contribution in [0.3, 0.4) is 0 Å². The first-order valence-electron chi connectivity index (χ1n) is 4.76. The van der Waals surface area contributed by atoms with Crippen LogP contribution in [0.15, 0.2) is 0 Å². The number of carbonyl (C=O) groups is 1. The van der Waals surface area contributed by atoms with Crippen molar-refractivity contribution in [2.24, 2.45) is 23.2 Å². The number of carboxylic acid groups (broad SMARTS) is 1. The highest BCUT2D eigenvalue weighted by atomic mass is 16.4. The van der Waals surface area contributed by atoms with Gasteiger partial charge in [0.05, 0.1) is 5.92 Å². The van der Waals surface area contributed by atoms with Gasteiger partial charge in [0.1, 0.15) is 0 Å². The Balaban J connectivity index is 2.29. The summed E-state index contributed by atoms with van der Waals surface area (Å²) in [6.07, 6.45) is 3.55. The van der Waals surface area contributed by atoms with E-state index in [4.69, 9.17) is 5.11 Å². The summed E-state index contributed by atoms with van der Waals surface area (Å²) in [5.41, 5.74) is 0.0503. The largest absolute Gasteiger partial charge is 0.481 e. The first-order chi connectivity index (χ1) is 5.53. The fourth-order valence-corrected chi connectivity index (χ4v) is 3.38. The van der Waals surface area contributed by atoms with Gasteiger partial charge in [-0.1, -0.05) is 13.8 Å². The van der Waals surface area contributed by atoms with Crippen molar-refractivity contribution in [2.45, 2.75) is 33.1 Å². The van der Waals surface area contributed by atoms with Gasteiger partial charge in [0.25, 0.3) is 0 Å². The van der Waals surface area contributed by atoms with Gasteiger partial charge >= 0.3 is 5.97 Å². The van der Waals surface area contributed by atoms with Crippen molar-refractivity contribution >= 4 is 5.97 Å². The topological polar surface area (TPSA) is 37.3 Å². The standard InChI is InChI=1S/C10H16O2/c1-10(2)7-4-3-6(5-7)8(10)9(11)12/h6-8H,3-5H2,1-2H3,(H,11,12)/t6-,7?,8?/m1/s1. The molecule has 2 fully saturated rings. The molecule has 0 aromatic heterocycles. The maximum atomic E-state index is 11.0. The summed E-state index contributed by atoms with van der Waals surface area (Å²) in [6, 6.07) is 0. The summed E-state index contributed by atoms with van der Waals surface area (Å²) in [4.78, 5) is 11.0. The molecule has 2 aliphatic rings. The number of fused-ring (bicyclic) bond motifs is 2. The average molecular weight is 168 g/mol. The second-order valence-corrected chi connectivity index (χ2v) is 4.91. The average Bonchev–Trinajstić information content (AvgIpc) is 2.41. The minimum Gasteiger partial charge on any atom is -0.481 e. The van der Waals surface area contributed by atoms with Gasteiger partial charge in [-0.3, -0.25) is 4.79 Å². The molecule has 2 unspecified atom stereocenters. The second-order valence-electron chi connectivity index (χ2n) is 4.91. The Bertz CT molecular complexity index is 220. The quantitative estimate of drug-likeness (QED) is 0.651. The molecule has 0 amide bonds.